The summed E-state index contributed by atoms with van der Waals surface area (Å²) in [6, 6.07) is 6.28. The number of phenols is 1. The Labute approximate surface area is 397 Å². The zero-order valence-corrected chi connectivity index (χ0v) is 39.2. The van der Waals surface area contributed by atoms with Crippen molar-refractivity contribution in [3.63, 3.8) is 0 Å². The van der Waals surface area contributed by atoms with Crippen molar-refractivity contribution >= 4 is 53.3 Å². The number of hydrogen-bond donors (Lipinski definition) is 14. The summed E-state index contributed by atoms with van der Waals surface area (Å²) in [7, 11) is 0. The Hall–Kier alpha value is -7.01. The molecule has 0 aliphatic rings. The Balaban J connectivity index is 2.41. The zero-order valence-electron chi connectivity index (χ0n) is 39.2. The largest absolute Gasteiger partial charge is 0.508 e. The molecule has 2 rings (SSSR count). The molecular formula is C45H73N15O8. The lowest BCUT2D eigenvalue weighted by atomic mass is 10.0. The Morgan fingerprint density at radius 2 is 0.956 bits per heavy atom. The molecule has 7 atom stereocenters. The SMILES string of the molecule is CCC[C@H](NC(=O)[C@H](CCCN=C(N)N)NC(=O)[C@@H](Cc1ccccc1)NC(=O)[C@@H](N)CCCN=C(N)N)C(=O)N[C@@H](Cc1ccc(O)cc1)C(=O)N[C@@H](CN)C(=O)N[C@@H](CCC(C)C)C(N)=O. The summed E-state index contributed by atoms with van der Waals surface area (Å²) in [6.45, 7) is 5.63. The average Bonchev–Trinajstić information content (AvgIpc) is 3.28. The van der Waals surface area contributed by atoms with Crippen molar-refractivity contribution in [3.8, 4) is 5.75 Å². The van der Waals surface area contributed by atoms with Crippen LogP contribution < -0.4 is 72.0 Å². The van der Waals surface area contributed by atoms with Gasteiger partial charge < -0.3 is 77.1 Å². The molecule has 0 saturated heterocycles. The summed E-state index contributed by atoms with van der Waals surface area (Å²) in [4.78, 5) is 103. The van der Waals surface area contributed by atoms with Crippen LogP contribution in [-0.4, -0.2) is 120 Å². The number of guanidine groups is 2. The molecule has 7 amide bonds. The van der Waals surface area contributed by atoms with E-state index in [4.69, 9.17) is 40.1 Å². The molecule has 0 aliphatic heterocycles. The number of phenolic OH excluding ortho intramolecular Hbond substituents is 1. The summed E-state index contributed by atoms with van der Waals surface area (Å²) in [5.74, 6) is -5.34. The molecule has 68 heavy (non-hydrogen) atoms. The first kappa shape index (κ1) is 57.1. The fraction of sp³-hybridized carbons (Fsp3) is 0.533. The first-order valence-electron chi connectivity index (χ1n) is 22.7. The number of hydrogen-bond acceptors (Lipinski definition) is 12. The normalized spacial score (nSPS) is 14.0. The van der Waals surface area contributed by atoms with Crippen molar-refractivity contribution in [2.45, 2.75) is 127 Å². The van der Waals surface area contributed by atoms with Crippen LogP contribution >= 0.6 is 0 Å². The highest BCUT2D eigenvalue weighted by Gasteiger charge is 2.33. The zero-order chi connectivity index (χ0) is 50.8. The average molecular weight is 952 g/mol. The molecule has 0 bridgehead atoms. The minimum absolute atomic E-state index is 0.00632. The minimum atomic E-state index is -1.35. The van der Waals surface area contributed by atoms with Crippen molar-refractivity contribution in [1.29, 1.82) is 0 Å². The Bertz CT molecular complexity index is 1990. The van der Waals surface area contributed by atoms with E-state index in [0.29, 0.717) is 30.4 Å². The van der Waals surface area contributed by atoms with Gasteiger partial charge in [-0.3, -0.25) is 43.5 Å². The van der Waals surface area contributed by atoms with Gasteiger partial charge in [-0.15, -0.1) is 0 Å². The number of nitrogens with one attached hydrogen (secondary N) is 6. The fourth-order valence-corrected chi connectivity index (χ4v) is 6.77. The topological polar surface area (TPSA) is 419 Å². The number of aromatic hydroxyl groups is 1. The second-order valence-corrected chi connectivity index (χ2v) is 16.8. The summed E-state index contributed by atoms with van der Waals surface area (Å²) in [6.07, 6.45) is 2.02. The molecule has 2 aromatic rings. The first-order valence-corrected chi connectivity index (χ1v) is 22.7. The van der Waals surface area contributed by atoms with E-state index in [1.807, 2.05) is 13.8 Å². The quantitative estimate of drug-likeness (QED) is 0.0206. The van der Waals surface area contributed by atoms with Gasteiger partial charge in [0.05, 0.1) is 6.04 Å². The van der Waals surface area contributed by atoms with Gasteiger partial charge in [0, 0.05) is 32.5 Å². The third-order valence-corrected chi connectivity index (χ3v) is 10.6. The lowest BCUT2D eigenvalue weighted by Crippen LogP contribution is -2.61. The van der Waals surface area contributed by atoms with Crippen molar-refractivity contribution < 1.29 is 38.7 Å². The van der Waals surface area contributed by atoms with E-state index < -0.39 is 83.6 Å². The van der Waals surface area contributed by atoms with Gasteiger partial charge in [-0.25, -0.2) is 0 Å². The number of carbonyl (C=O) groups excluding carboxylic acids is 7. The van der Waals surface area contributed by atoms with Gasteiger partial charge in [-0.1, -0.05) is 69.7 Å². The second-order valence-electron chi connectivity index (χ2n) is 16.8. The van der Waals surface area contributed by atoms with E-state index in [1.165, 1.54) is 24.3 Å². The number of nitrogens with two attached hydrogens (primary N) is 7. The van der Waals surface area contributed by atoms with Crippen LogP contribution in [0.5, 0.6) is 5.75 Å². The molecule has 0 spiro atoms. The standard InChI is InChI=1S/C45H73N15O8/c1-4-10-32(39(64)59-35(24-28-16-18-29(61)19-17-28)42(67)60-36(25-46)43(68)55-31(37(48)62)20-15-26(2)3)56-40(65)33(14-9-22-54-45(51)52)57-41(66)34(23-27-11-6-5-7-12-27)58-38(63)30(47)13-8-21-53-44(49)50/h5-7,11-12,16-19,26,30-36,61H,4,8-10,13-15,20-25,46-47H2,1-3H3,(H2,48,62)(H,55,68)(H,56,65)(H,57,66)(H,58,63)(H,59,64)(H,60,67)(H4,49,50,53)(H4,51,52,54)/t30-,31-,32-,33-,34+,35-,36-/m0/s1. The van der Waals surface area contributed by atoms with Crippen molar-refractivity contribution in [1.82, 2.24) is 31.9 Å². The molecule has 0 heterocycles. The highest BCUT2D eigenvalue weighted by molar-refractivity contribution is 5.97. The predicted octanol–water partition coefficient (Wildman–Crippen LogP) is -2.80. The summed E-state index contributed by atoms with van der Waals surface area (Å²) < 4.78 is 0. The first-order chi connectivity index (χ1) is 32.2. The third kappa shape index (κ3) is 22.0. The van der Waals surface area contributed by atoms with Crippen LogP contribution in [0, 0.1) is 5.92 Å². The van der Waals surface area contributed by atoms with Gasteiger partial charge in [0.25, 0.3) is 0 Å². The molecular weight excluding hydrogens is 879 g/mol. The predicted molar refractivity (Wildman–Crippen MR) is 259 cm³/mol. The number of benzene rings is 2. The summed E-state index contributed by atoms with van der Waals surface area (Å²) in [5.41, 5.74) is 40.7. The monoisotopic (exact) mass is 952 g/mol. The maximum absolute atomic E-state index is 14.2. The van der Waals surface area contributed by atoms with Crippen LogP contribution in [0.2, 0.25) is 0 Å². The molecule has 0 unspecified atom stereocenters. The molecule has 0 fully saturated rings. The van der Waals surface area contributed by atoms with Gasteiger partial charge in [-0.2, -0.15) is 0 Å². The van der Waals surface area contributed by atoms with Crippen LogP contribution in [0.1, 0.15) is 83.3 Å². The molecule has 0 aliphatic carbocycles. The summed E-state index contributed by atoms with van der Waals surface area (Å²) >= 11 is 0. The summed E-state index contributed by atoms with van der Waals surface area (Å²) in [5, 5.41) is 25.9. The fourth-order valence-electron chi connectivity index (χ4n) is 6.77. The number of carbonyl (C=O) groups is 7. The number of aliphatic imine (C=N–C) groups is 2. The lowest BCUT2D eigenvalue weighted by Gasteiger charge is -2.27. The lowest BCUT2D eigenvalue weighted by molar-refractivity contribution is -0.135. The van der Waals surface area contributed by atoms with Crippen LogP contribution in [0.15, 0.2) is 64.6 Å². The molecule has 376 valence electrons. The molecule has 0 aromatic heterocycles. The van der Waals surface area contributed by atoms with Gasteiger partial charge >= 0.3 is 0 Å². The van der Waals surface area contributed by atoms with E-state index in [9.17, 15) is 38.7 Å². The van der Waals surface area contributed by atoms with Crippen LogP contribution in [-0.2, 0) is 46.4 Å². The van der Waals surface area contributed by atoms with E-state index >= 15 is 0 Å². The van der Waals surface area contributed by atoms with Gasteiger partial charge in [0.2, 0.25) is 41.4 Å². The van der Waals surface area contributed by atoms with Crippen LogP contribution in [0.4, 0.5) is 0 Å². The van der Waals surface area contributed by atoms with E-state index in [-0.39, 0.29) is 88.2 Å². The van der Waals surface area contributed by atoms with Gasteiger partial charge in [0.1, 0.15) is 42.0 Å². The Morgan fingerprint density at radius 3 is 1.44 bits per heavy atom. The second kappa shape index (κ2) is 30.3. The molecule has 0 radical (unpaired) electrons. The van der Waals surface area contributed by atoms with E-state index in [1.54, 1.807) is 37.3 Å². The van der Waals surface area contributed by atoms with E-state index in [0.717, 1.165) is 0 Å². The van der Waals surface area contributed by atoms with Crippen molar-refractivity contribution in [3.05, 3.63) is 65.7 Å². The Kier molecular flexibility index (Phi) is 25.5. The maximum Gasteiger partial charge on any atom is 0.244 e. The number of nitrogens with zero attached hydrogens (tertiary/aromatic N) is 2. The van der Waals surface area contributed by atoms with Crippen LogP contribution in [0.25, 0.3) is 0 Å². The highest BCUT2D eigenvalue weighted by Crippen LogP contribution is 2.14. The number of amides is 7. The molecule has 21 N–H and O–H groups in total. The molecule has 2 aromatic carbocycles. The smallest absolute Gasteiger partial charge is 0.244 e. The number of rotatable bonds is 31. The van der Waals surface area contributed by atoms with Crippen molar-refractivity contribution in [2.75, 3.05) is 19.6 Å². The maximum atomic E-state index is 14.2. The highest BCUT2D eigenvalue weighted by atomic mass is 16.3. The van der Waals surface area contributed by atoms with Crippen molar-refractivity contribution in [2.24, 2.45) is 56.0 Å². The van der Waals surface area contributed by atoms with E-state index in [2.05, 4.69) is 41.9 Å². The molecule has 23 nitrogen and oxygen atoms in total. The van der Waals surface area contributed by atoms with Gasteiger partial charge in [0.15, 0.2) is 11.9 Å². The minimum Gasteiger partial charge on any atom is -0.508 e. The molecule has 23 heteroatoms. The third-order valence-electron chi connectivity index (χ3n) is 10.6. The Morgan fingerprint density at radius 1 is 0.529 bits per heavy atom. The van der Waals surface area contributed by atoms with Gasteiger partial charge in [-0.05, 0) is 74.1 Å². The van der Waals surface area contributed by atoms with Crippen LogP contribution in [0.3, 0.4) is 0 Å². The number of primary amides is 1. The molecule has 0 saturated carbocycles.